The van der Waals surface area contributed by atoms with E-state index in [1.54, 1.807) is 0 Å². The maximum atomic E-state index is 5.21. The van der Waals surface area contributed by atoms with Crippen molar-refractivity contribution in [3.8, 4) is 78.7 Å². The summed E-state index contributed by atoms with van der Waals surface area (Å²) in [5.41, 5.74) is 17.1. The lowest BCUT2D eigenvalue weighted by atomic mass is 9.66. The van der Waals surface area contributed by atoms with Crippen molar-refractivity contribution in [2.45, 2.75) is 5.41 Å². The molecule has 0 fully saturated rings. The lowest BCUT2D eigenvalue weighted by Gasteiger charge is -2.35. The van der Waals surface area contributed by atoms with Gasteiger partial charge in [-0.25, -0.2) is 15.0 Å². The molecule has 2 aliphatic rings. The second-order valence-electron chi connectivity index (χ2n) is 14.3. The molecule has 256 valence electrons. The number of fused-ring (bicyclic) bond motifs is 12. The van der Waals surface area contributed by atoms with Gasteiger partial charge in [0.15, 0.2) is 17.5 Å². The third kappa shape index (κ3) is 4.80. The van der Waals surface area contributed by atoms with Gasteiger partial charge in [0.1, 0.15) is 0 Å². The Morgan fingerprint density at radius 3 is 1.18 bits per heavy atom. The van der Waals surface area contributed by atoms with E-state index in [4.69, 9.17) is 15.0 Å². The van der Waals surface area contributed by atoms with Gasteiger partial charge in [0, 0.05) is 16.7 Å². The first-order valence-corrected chi connectivity index (χ1v) is 18.8. The largest absolute Gasteiger partial charge is 0.208 e. The second kappa shape index (κ2) is 12.4. The van der Waals surface area contributed by atoms with Crippen molar-refractivity contribution in [3.63, 3.8) is 0 Å². The van der Waals surface area contributed by atoms with Crippen molar-refractivity contribution in [1.82, 2.24) is 15.0 Å². The molecule has 0 radical (unpaired) electrons. The predicted octanol–water partition coefficient (Wildman–Crippen LogP) is 12.6. The quantitative estimate of drug-likeness (QED) is 0.184. The normalized spacial score (nSPS) is 12.9. The highest BCUT2D eigenvalue weighted by atomic mass is 15.0. The molecular weight excluding hydrogens is 667 g/mol. The molecule has 9 aromatic rings. The molecule has 0 bridgehead atoms. The van der Waals surface area contributed by atoms with E-state index >= 15 is 0 Å². The summed E-state index contributed by atoms with van der Waals surface area (Å²) in [5.74, 6) is 1.93. The summed E-state index contributed by atoms with van der Waals surface area (Å²) in [5, 5.41) is 0. The SMILES string of the molecule is c1ccc(-c2cccc(-c3nc(-c4ccccc4)nc(-c4ccc5c(c4)-c4ccccc4C54c5ccccc5-c5ccccc5-c5ccccc54)n3)c2)cc1. The third-order valence-electron chi connectivity index (χ3n) is 11.4. The summed E-state index contributed by atoms with van der Waals surface area (Å²) in [6, 6.07) is 71.7. The van der Waals surface area contributed by atoms with Crippen LogP contribution in [0.25, 0.3) is 78.7 Å². The van der Waals surface area contributed by atoms with E-state index < -0.39 is 5.41 Å². The number of benzene rings is 8. The summed E-state index contributed by atoms with van der Waals surface area (Å²) >= 11 is 0. The first-order chi connectivity index (χ1) is 27.3. The predicted molar refractivity (Wildman–Crippen MR) is 223 cm³/mol. The van der Waals surface area contributed by atoms with E-state index in [2.05, 4.69) is 176 Å². The molecule has 0 saturated carbocycles. The van der Waals surface area contributed by atoms with Gasteiger partial charge in [-0.2, -0.15) is 0 Å². The van der Waals surface area contributed by atoms with Crippen LogP contribution >= 0.6 is 0 Å². The van der Waals surface area contributed by atoms with Crippen LogP contribution in [0.2, 0.25) is 0 Å². The van der Waals surface area contributed by atoms with Gasteiger partial charge in [0.05, 0.1) is 5.41 Å². The van der Waals surface area contributed by atoms with Crippen LogP contribution in [0, 0.1) is 0 Å². The molecule has 3 nitrogen and oxygen atoms in total. The van der Waals surface area contributed by atoms with E-state index in [9.17, 15) is 0 Å². The van der Waals surface area contributed by atoms with Crippen LogP contribution in [0.5, 0.6) is 0 Å². The molecule has 0 saturated heterocycles. The zero-order chi connectivity index (χ0) is 36.3. The van der Waals surface area contributed by atoms with Gasteiger partial charge in [-0.1, -0.05) is 188 Å². The molecule has 0 N–H and O–H groups in total. The molecule has 0 unspecified atom stereocenters. The van der Waals surface area contributed by atoms with Gasteiger partial charge in [-0.05, 0) is 78.9 Å². The van der Waals surface area contributed by atoms with Gasteiger partial charge in [-0.15, -0.1) is 0 Å². The third-order valence-corrected chi connectivity index (χ3v) is 11.4. The smallest absolute Gasteiger partial charge is 0.164 e. The summed E-state index contributed by atoms with van der Waals surface area (Å²) in [6.07, 6.45) is 0. The maximum absolute atomic E-state index is 5.21. The Morgan fingerprint density at radius 2 is 0.618 bits per heavy atom. The van der Waals surface area contributed by atoms with E-state index in [1.165, 1.54) is 55.6 Å². The first-order valence-electron chi connectivity index (χ1n) is 18.8. The molecule has 1 spiro atoms. The zero-order valence-electron chi connectivity index (χ0n) is 29.9. The minimum absolute atomic E-state index is 0.534. The van der Waals surface area contributed by atoms with Crippen LogP contribution in [0.3, 0.4) is 0 Å². The maximum Gasteiger partial charge on any atom is 0.164 e. The fraction of sp³-hybridized carbons (Fsp3) is 0.0192. The molecule has 0 amide bonds. The number of hydrogen-bond donors (Lipinski definition) is 0. The Hall–Kier alpha value is -7.23. The van der Waals surface area contributed by atoms with Crippen molar-refractivity contribution in [2.75, 3.05) is 0 Å². The van der Waals surface area contributed by atoms with E-state index in [-0.39, 0.29) is 0 Å². The molecule has 0 aliphatic heterocycles. The average molecular weight is 700 g/mol. The number of aromatic nitrogens is 3. The molecule has 3 heteroatoms. The summed E-state index contributed by atoms with van der Waals surface area (Å²) in [4.78, 5) is 15.4. The fourth-order valence-electron chi connectivity index (χ4n) is 9.01. The Labute approximate surface area is 320 Å². The van der Waals surface area contributed by atoms with E-state index in [1.807, 2.05) is 24.3 Å². The Morgan fingerprint density at radius 1 is 0.236 bits per heavy atom. The highest BCUT2D eigenvalue weighted by molar-refractivity contribution is 5.97. The monoisotopic (exact) mass is 699 g/mol. The summed E-state index contributed by atoms with van der Waals surface area (Å²) in [6.45, 7) is 0. The van der Waals surface area contributed by atoms with Crippen LogP contribution in [-0.2, 0) is 5.41 Å². The highest BCUT2D eigenvalue weighted by Crippen LogP contribution is 2.61. The molecule has 8 aromatic carbocycles. The van der Waals surface area contributed by atoms with Gasteiger partial charge in [0.2, 0.25) is 0 Å². The van der Waals surface area contributed by atoms with Crippen LogP contribution in [0.15, 0.2) is 200 Å². The molecule has 1 heterocycles. The Balaban J connectivity index is 1.15. The van der Waals surface area contributed by atoms with E-state index in [0.29, 0.717) is 17.5 Å². The van der Waals surface area contributed by atoms with E-state index in [0.717, 1.165) is 27.8 Å². The van der Waals surface area contributed by atoms with Gasteiger partial charge >= 0.3 is 0 Å². The topological polar surface area (TPSA) is 38.7 Å². The van der Waals surface area contributed by atoms with Crippen molar-refractivity contribution >= 4 is 0 Å². The standard InChI is InChI=1S/C52H33N3/c1-3-16-34(17-4-1)36-20-15-21-37(32-36)50-53-49(35-18-5-2-6-19-35)54-51(55-50)38-30-31-48-44(33-38)43-26-11-14-29-47(43)52(48)45-27-12-9-24-41(45)39-22-7-8-23-40(39)42-25-10-13-28-46(42)52/h1-33H. The molecule has 2 aliphatic carbocycles. The van der Waals surface area contributed by atoms with Crippen molar-refractivity contribution in [3.05, 3.63) is 222 Å². The molecular formula is C52H33N3. The molecule has 55 heavy (non-hydrogen) atoms. The first kappa shape index (κ1) is 31.3. The number of hydrogen-bond acceptors (Lipinski definition) is 3. The molecule has 1 aromatic heterocycles. The number of rotatable bonds is 4. The van der Waals surface area contributed by atoms with Crippen molar-refractivity contribution in [2.24, 2.45) is 0 Å². The van der Waals surface area contributed by atoms with Crippen LogP contribution in [0.1, 0.15) is 22.3 Å². The van der Waals surface area contributed by atoms with Crippen molar-refractivity contribution in [1.29, 1.82) is 0 Å². The lowest BCUT2D eigenvalue weighted by Crippen LogP contribution is -2.29. The average Bonchev–Trinajstić information content (AvgIpc) is 3.51. The Kier molecular flexibility index (Phi) is 7.08. The Bertz CT molecular complexity index is 2860. The summed E-state index contributed by atoms with van der Waals surface area (Å²) in [7, 11) is 0. The minimum atomic E-state index is -0.534. The van der Waals surface area contributed by atoms with Crippen molar-refractivity contribution < 1.29 is 0 Å². The minimum Gasteiger partial charge on any atom is -0.208 e. The van der Waals surface area contributed by atoms with Gasteiger partial charge in [0.25, 0.3) is 0 Å². The zero-order valence-corrected chi connectivity index (χ0v) is 29.9. The van der Waals surface area contributed by atoms with Crippen LogP contribution in [-0.4, -0.2) is 15.0 Å². The summed E-state index contributed by atoms with van der Waals surface area (Å²) < 4.78 is 0. The number of nitrogens with zero attached hydrogens (tertiary/aromatic N) is 3. The second-order valence-corrected chi connectivity index (χ2v) is 14.3. The van der Waals surface area contributed by atoms with Crippen LogP contribution < -0.4 is 0 Å². The van der Waals surface area contributed by atoms with Gasteiger partial charge in [-0.3, -0.25) is 0 Å². The lowest BCUT2D eigenvalue weighted by molar-refractivity contribution is 0.775. The molecule has 11 rings (SSSR count). The van der Waals surface area contributed by atoms with Crippen LogP contribution in [0.4, 0.5) is 0 Å². The highest BCUT2D eigenvalue weighted by Gasteiger charge is 2.49. The fourth-order valence-corrected chi connectivity index (χ4v) is 9.01. The van der Waals surface area contributed by atoms with Gasteiger partial charge < -0.3 is 0 Å². The molecule has 0 atom stereocenters.